The third-order valence-corrected chi connectivity index (χ3v) is 3.71. The van der Waals surface area contributed by atoms with Gasteiger partial charge in [0, 0.05) is 18.6 Å². The Morgan fingerprint density at radius 2 is 1.90 bits per heavy atom. The number of thiazole rings is 1. The van der Waals surface area contributed by atoms with E-state index in [1.807, 2.05) is 30.3 Å². The molecule has 4 nitrogen and oxygen atoms in total. The number of aromatic nitrogens is 2. The first kappa shape index (κ1) is 12.6. The fourth-order valence-corrected chi connectivity index (χ4v) is 2.64. The number of anilines is 1. The molecule has 0 fully saturated rings. The molecule has 1 aromatic carbocycles. The molecule has 0 atom stereocenters. The molecule has 5 heteroatoms. The lowest BCUT2D eigenvalue weighted by atomic mass is 10.1. The van der Waals surface area contributed by atoms with E-state index in [4.69, 9.17) is 10.5 Å². The van der Waals surface area contributed by atoms with Gasteiger partial charge in [-0.05, 0) is 23.3 Å². The number of nitrogen functional groups attached to an aromatic ring is 1. The molecule has 0 aliphatic rings. The van der Waals surface area contributed by atoms with Gasteiger partial charge in [-0.15, -0.1) is 0 Å². The highest BCUT2D eigenvalue weighted by Crippen LogP contribution is 2.30. The fraction of sp³-hybridized carbons (Fsp3) is 0.0667. The summed E-state index contributed by atoms with van der Waals surface area (Å²) < 4.78 is 5.77. The van der Waals surface area contributed by atoms with Gasteiger partial charge in [0.1, 0.15) is 12.4 Å². The molecular weight excluding hydrogens is 270 g/mol. The van der Waals surface area contributed by atoms with Crippen LogP contribution in [0.3, 0.4) is 0 Å². The van der Waals surface area contributed by atoms with E-state index in [0.717, 1.165) is 21.8 Å². The van der Waals surface area contributed by atoms with Gasteiger partial charge >= 0.3 is 0 Å². The van der Waals surface area contributed by atoms with E-state index < -0.39 is 0 Å². The molecule has 2 aromatic heterocycles. The zero-order valence-electron chi connectivity index (χ0n) is 10.7. The zero-order chi connectivity index (χ0) is 13.8. The van der Waals surface area contributed by atoms with Crippen molar-refractivity contribution < 1.29 is 4.74 Å². The molecular formula is C15H13N3OS. The molecule has 0 unspecified atom stereocenters. The Morgan fingerprint density at radius 1 is 1.10 bits per heavy atom. The van der Waals surface area contributed by atoms with E-state index >= 15 is 0 Å². The van der Waals surface area contributed by atoms with Crippen LogP contribution in [0.15, 0.2) is 55.0 Å². The highest BCUT2D eigenvalue weighted by Gasteiger charge is 2.08. The lowest BCUT2D eigenvalue weighted by Crippen LogP contribution is -1.97. The van der Waals surface area contributed by atoms with Gasteiger partial charge in [-0.2, -0.15) is 0 Å². The normalized spacial score (nSPS) is 10.4. The largest absolute Gasteiger partial charge is 0.489 e. The Hall–Kier alpha value is -2.40. The van der Waals surface area contributed by atoms with Crippen LogP contribution >= 0.6 is 11.3 Å². The Labute approximate surface area is 120 Å². The van der Waals surface area contributed by atoms with Crippen LogP contribution in [0, 0.1) is 0 Å². The first-order chi connectivity index (χ1) is 9.83. The minimum absolute atomic E-state index is 0.498. The van der Waals surface area contributed by atoms with E-state index in [1.54, 1.807) is 18.6 Å². The van der Waals surface area contributed by atoms with Crippen molar-refractivity contribution in [3.8, 4) is 16.2 Å². The van der Waals surface area contributed by atoms with Crippen LogP contribution in [-0.4, -0.2) is 9.97 Å². The van der Waals surface area contributed by atoms with Crippen molar-refractivity contribution in [1.29, 1.82) is 0 Å². The second-order valence-electron chi connectivity index (χ2n) is 4.19. The average Bonchev–Trinajstić information content (AvgIpc) is 2.93. The summed E-state index contributed by atoms with van der Waals surface area (Å²) in [6.45, 7) is 0.498. The Kier molecular flexibility index (Phi) is 3.60. The molecule has 0 amide bonds. The molecule has 3 aromatic rings. The van der Waals surface area contributed by atoms with Gasteiger partial charge in [0.05, 0.1) is 4.88 Å². The molecule has 2 heterocycles. The number of ether oxygens (including phenoxy) is 1. The second-order valence-corrected chi connectivity index (χ2v) is 5.25. The summed E-state index contributed by atoms with van der Waals surface area (Å²) in [5.74, 6) is 0.804. The van der Waals surface area contributed by atoms with Gasteiger partial charge in [-0.25, -0.2) is 4.98 Å². The van der Waals surface area contributed by atoms with Crippen LogP contribution in [0.4, 0.5) is 5.13 Å². The van der Waals surface area contributed by atoms with Gasteiger partial charge in [0.15, 0.2) is 5.13 Å². The fourth-order valence-electron chi connectivity index (χ4n) is 1.89. The summed E-state index contributed by atoms with van der Waals surface area (Å²) >= 11 is 1.48. The van der Waals surface area contributed by atoms with Crippen molar-refractivity contribution in [2.45, 2.75) is 6.61 Å². The van der Waals surface area contributed by atoms with Crippen molar-refractivity contribution in [1.82, 2.24) is 9.97 Å². The van der Waals surface area contributed by atoms with Gasteiger partial charge in [0.25, 0.3) is 0 Å². The summed E-state index contributed by atoms with van der Waals surface area (Å²) in [7, 11) is 0. The summed E-state index contributed by atoms with van der Waals surface area (Å²) in [6, 6.07) is 11.8. The van der Waals surface area contributed by atoms with Crippen molar-refractivity contribution in [3.05, 3.63) is 60.6 Å². The number of hydrogen-bond acceptors (Lipinski definition) is 5. The molecule has 2 N–H and O–H groups in total. The zero-order valence-corrected chi connectivity index (χ0v) is 11.5. The van der Waals surface area contributed by atoms with Crippen LogP contribution < -0.4 is 10.5 Å². The maximum absolute atomic E-state index is 5.77. The maximum atomic E-state index is 5.77. The number of nitrogens with zero attached hydrogens (tertiary/aromatic N) is 2. The third-order valence-electron chi connectivity index (χ3n) is 2.85. The number of rotatable bonds is 4. The van der Waals surface area contributed by atoms with Crippen LogP contribution in [0.25, 0.3) is 10.4 Å². The first-order valence-corrected chi connectivity index (χ1v) is 6.97. The molecule has 0 aliphatic carbocycles. The van der Waals surface area contributed by atoms with Crippen molar-refractivity contribution in [3.63, 3.8) is 0 Å². The maximum Gasteiger partial charge on any atom is 0.180 e. The van der Waals surface area contributed by atoms with Gasteiger partial charge in [0.2, 0.25) is 0 Å². The predicted octanol–water partition coefficient (Wildman–Crippen LogP) is 3.37. The molecule has 0 aliphatic heterocycles. The van der Waals surface area contributed by atoms with E-state index in [0.29, 0.717) is 11.7 Å². The Balaban J connectivity index is 1.83. The molecule has 0 saturated heterocycles. The lowest BCUT2D eigenvalue weighted by molar-refractivity contribution is 0.306. The Morgan fingerprint density at radius 3 is 2.65 bits per heavy atom. The number of nitrogens with two attached hydrogens (primary N) is 1. The summed E-state index contributed by atoms with van der Waals surface area (Å²) in [5.41, 5.74) is 7.91. The summed E-state index contributed by atoms with van der Waals surface area (Å²) in [5, 5.41) is 0.574. The quantitative estimate of drug-likeness (QED) is 0.797. The van der Waals surface area contributed by atoms with Crippen LogP contribution in [0.5, 0.6) is 5.75 Å². The molecule has 0 spiro atoms. The van der Waals surface area contributed by atoms with Crippen molar-refractivity contribution >= 4 is 16.5 Å². The SMILES string of the molecule is Nc1ncc(-c2ccccc2COc2ccncc2)s1. The number of pyridine rings is 1. The van der Waals surface area contributed by atoms with Gasteiger partial charge < -0.3 is 10.5 Å². The minimum atomic E-state index is 0.498. The number of hydrogen-bond donors (Lipinski definition) is 1. The molecule has 20 heavy (non-hydrogen) atoms. The van der Waals surface area contributed by atoms with Crippen molar-refractivity contribution in [2.75, 3.05) is 5.73 Å². The minimum Gasteiger partial charge on any atom is -0.489 e. The Bertz CT molecular complexity index is 697. The number of benzene rings is 1. The summed E-state index contributed by atoms with van der Waals surface area (Å²) in [4.78, 5) is 9.12. The predicted molar refractivity (Wildman–Crippen MR) is 80.5 cm³/mol. The standard InChI is InChI=1S/C15H13N3OS/c16-15-18-9-14(20-15)13-4-2-1-3-11(13)10-19-12-5-7-17-8-6-12/h1-9H,10H2,(H2,16,18). The summed E-state index contributed by atoms with van der Waals surface area (Å²) in [6.07, 6.45) is 5.22. The van der Waals surface area contributed by atoms with E-state index in [2.05, 4.69) is 16.0 Å². The highest BCUT2D eigenvalue weighted by atomic mass is 32.1. The lowest BCUT2D eigenvalue weighted by Gasteiger charge is -2.09. The smallest absolute Gasteiger partial charge is 0.180 e. The molecule has 0 saturated carbocycles. The van der Waals surface area contributed by atoms with Crippen LogP contribution in [0.1, 0.15) is 5.56 Å². The topological polar surface area (TPSA) is 61.0 Å². The van der Waals surface area contributed by atoms with E-state index in [-0.39, 0.29) is 0 Å². The van der Waals surface area contributed by atoms with Gasteiger partial charge in [-0.1, -0.05) is 35.6 Å². The molecule has 0 radical (unpaired) electrons. The first-order valence-electron chi connectivity index (χ1n) is 6.15. The second kappa shape index (κ2) is 5.71. The van der Waals surface area contributed by atoms with Gasteiger partial charge in [-0.3, -0.25) is 4.98 Å². The van der Waals surface area contributed by atoms with E-state index in [9.17, 15) is 0 Å². The van der Waals surface area contributed by atoms with E-state index in [1.165, 1.54) is 11.3 Å². The van der Waals surface area contributed by atoms with Crippen molar-refractivity contribution in [2.24, 2.45) is 0 Å². The third kappa shape index (κ3) is 2.78. The monoisotopic (exact) mass is 283 g/mol. The highest BCUT2D eigenvalue weighted by molar-refractivity contribution is 7.18. The molecule has 100 valence electrons. The van der Waals surface area contributed by atoms with Crippen LogP contribution in [0.2, 0.25) is 0 Å². The molecule has 3 rings (SSSR count). The average molecular weight is 283 g/mol. The molecule has 0 bridgehead atoms. The van der Waals surface area contributed by atoms with Crippen LogP contribution in [-0.2, 0) is 6.61 Å².